The fourth-order valence-corrected chi connectivity index (χ4v) is 4.17. The van der Waals surface area contributed by atoms with Crippen LogP contribution in [0.3, 0.4) is 0 Å². The van der Waals surface area contributed by atoms with E-state index in [1.54, 1.807) is 16.8 Å². The Labute approximate surface area is 212 Å². The van der Waals surface area contributed by atoms with Crippen molar-refractivity contribution in [3.63, 3.8) is 0 Å². The Bertz CT molecular complexity index is 1570. The summed E-state index contributed by atoms with van der Waals surface area (Å²) in [6.45, 7) is 2.90. The van der Waals surface area contributed by atoms with Gasteiger partial charge in [0.05, 0.1) is 42.7 Å². The second kappa shape index (κ2) is 10.0. The fourth-order valence-electron chi connectivity index (χ4n) is 4.17. The van der Waals surface area contributed by atoms with Crippen molar-refractivity contribution in [2.75, 3.05) is 17.7 Å². The molecule has 0 aliphatic heterocycles. The summed E-state index contributed by atoms with van der Waals surface area (Å²) in [6.07, 6.45) is 6.28. The van der Waals surface area contributed by atoms with Gasteiger partial charge in [-0.3, -0.25) is 9.48 Å². The number of anilines is 2. The van der Waals surface area contributed by atoms with Crippen molar-refractivity contribution >= 4 is 34.3 Å². The van der Waals surface area contributed by atoms with Gasteiger partial charge in [0.1, 0.15) is 11.9 Å². The summed E-state index contributed by atoms with van der Waals surface area (Å²) in [6, 6.07) is 13.1. The van der Waals surface area contributed by atoms with Gasteiger partial charge in [-0.2, -0.15) is 5.10 Å². The predicted molar refractivity (Wildman–Crippen MR) is 139 cm³/mol. The second-order valence-electron chi connectivity index (χ2n) is 8.58. The van der Waals surface area contributed by atoms with Crippen LogP contribution in [0.15, 0.2) is 71.8 Å². The number of amides is 1. The number of rotatable bonds is 8. The van der Waals surface area contributed by atoms with Gasteiger partial charge in [-0.25, -0.2) is 9.78 Å². The molecule has 0 atom stereocenters. The summed E-state index contributed by atoms with van der Waals surface area (Å²) in [5, 5.41) is 11.1. The van der Waals surface area contributed by atoms with Gasteiger partial charge in [-0.1, -0.05) is 30.3 Å². The van der Waals surface area contributed by atoms with E-state index < -0.39 is 11.9 Å². The number of hydrogen-bond acceptors (Lipinski definition) is 7. The third-order valence-corrected chi connectivity index (χ3v) is 6.30. The number of hydrogen-bond donors (Lipinski definition) is 2. The molecule has 5 aromatic rings. The monoisotopic (exact) mass is 498 g/mol. The second-order valence-corrected chi connectivity index (χ2v) is 8.58. The third kappa shape index (κ3) is 4.68. The van der Waals surface area contributed by atoms with Gasteiger partial charge >= 0.3 is 5.97 Å². The lowest BCUT2D eigenvalue weighted by molar-refractivity contribution is 0.0591. The van der Waals surface area contributed by atoms with Gasteiger partial charge in [0.25, 0.3) is 5.91 Å². The molecule has 37 heavy (non-hydrogen) atoms. The van der Waals surface area contributed by atoms with E-state index in [0.717, 1.165) is 22.5 Å². The molecule has 5 rings (SSSR count). The summed E-state index contributed by atoms with van der Waals surface area (Å²) >= 11 is 0. The number of aromatic nitrogens is 4. The number of carbonyl (C=O) groups is 2. The lowest BCUT2D eigenvalue weighted by Crippen LogP contribution is -2.17. The normalized spacial score (nSPS) is 11.0. The van der Waals surface area contributed by atoms with Gasteiger partial charge in [0.2, 0.25) is 0 Å². The molecule has 4 heterocycles. The summed E-state index contributed by atoms with van der Waals surface area (Å²) in [4.78, 5) is 30.7. The quantitative estimate of drug-likeness (QED) is 0.305. The minimum Gasteiger partial charge on any atom is -0.472 e. The minimum atomic E-state index is -0.586. The van der Waals surface area contributed by atoms with E-state index in [-0.39, 0.29) is 5.69 Å². The van der Waals surface area contributed by atoms with Crippen LogP contribution in [0.25, 0.3) is 11.0 Å². The van der Waals surface area contributed by atoms with Gasteiger partial charge in [0, 0.05) is 36.8 Å². The number of esters is 1. The molecule has 0 unspecified atom stereocenters. The minimum absolute atomic E-state index is 0.200. The first-order valence-electron chi connectivity index (χ1n) is 11.7. The topological polar surface area (TPSA) is 116 Å². The van der Waals surface area contributed by atoms with Crippen LogP contribution in [0.2, 0.25) is 0 Å². The Morgan fingerprint density at radius 3 is 2.62 bits per heavy atom. The first-order valence-corrected chi connectivity index (χ1v) is 11.7. The van der Waals surface area contributed by atoms with E-state index in [1.165, 1.54) is 19.6 Å². The molecule has 0 aliphatic carbocycles. The van der Waals surface area contributed by atoms with E-state index in [2.05, 4.69) is 20.7 Å². The molecule has 0 bridgehead atoms. The number of aryl methyl sites for hydroxylation is 1. The van der Waals surface area contributed by atoms with Gasteiger partial charge in [-0.05, 0) is 24.6 Å². The van der Waals surface area contributed by atoms with Crippen LogP contribution < -0.4 is 10.6 Å². The molecule has 10 nitrogen and oxygen atoms in total. The number of methoxy groups -OCH3 is 1. The average Bonchev–Trinajstić information content (AvgIpc) is 3.63. The molecule has 1 aromatic carbocycles. The van der Waals surface area contributed by atoms with Gasteiger partial charge < -0.3 is 24.4 Å². The van der Waals surface area contributed by atoms with E-state index in [4.69, 9.17) is 9.15 Å². The van der Waals surface area contributed by atoms with E-state index in [0.29, 0.717) is 35.4 Å². The van der Waals surface area contributed by atoms with Gasteiger partial charge in [0.15, 0.2) is 5.69 Å². The zero-order valence-electron chi connectivity index (χ0n) is 20.7. The SMILES string of the molecule is COC(=O)c1c(NC(=O)c2ccoc2)c2cc(NCc3cnn(C)c3C)cnc2n1Cc1ccccc1. The molecular weight excluding hydrogens is 472 g/mol. The summed E-state index contributed by atoms with van der Waals surface area (Å²) in [5.74, 6) is -1.00. The molecule has 4 aromatic heterocycles. The van der Waals surface area contributed by atoms with Crippen LogP contribution in [0, 0.1) is 6.92 Å². The van der Waals surface area contributed by atoms with E-state index in [1.807, 2.05) is 61.2 Å². The molecule has 0 radical (unpaired) electrons. The van der Waals surface area contributed by atoms with E-state index in [9.17, 15) is 9.59 Å². The molecule has 2 N–H and O–H groups in total. The number of fused-ring (bicyclic) bond motifs is 1. The number of furan rings is 1. The largest absolute Gasteiger partial charge is 0.472 e. The number of nitrogens with zero attached hydrogens (tertiary/aromatic N) is 4. The lowest BCUT2D eigenvalue weighted by atomic mass is 10.2. The Morgan fingerprint density at radius 2 is 1.95 bits per heavy atom. The van der Waals surface area contributed by atoms with Crippen LogP contribution in [-0.2, 0) is 24.9 Å². The molecule has 1 amide bonds. The third-order valence-electron chi connectivity index (χ3n) is 6.30. The number of ether oxygens (including phenoxy) is 1. The van der Waals surface area contributed by atoms with Crippen LogP contribution in [0.5, 0.6) is 0 Å². The number of pyridine rings is 1. The summed E-state index contributed by atoms with van der Waals surface area (Å²) in [7, 11) is 3.20. The highest BCUT2D eigenvalue weighted by atomic mass is 16.5. The van der Waals surface area contributed by atoms with Crippen molar-refractivity contribution in [2.24, 2.45) is 7.05 Å². The molecule has 0 aliphatic rings. The van der Waals surface area contributed by atoms with Crippen molar-refractivity contribution in [1.29, 1.82) is 0 Å². The zero-order chi connectivity index (χ0) is 25.9. The van der Waals surface area contributed by atoms with Crippen LogP contribution in [-0.4, -0.2) is 38.3 Å². The summed E-state index contributed by atoms with van der Waals surface area (Å²) in [5.41, 5.74) is 5.17. The molecule has 0 spiro atoms. The molecule has 188 valence electrons. The Morgan fingerprint density at radius 1 is 1.14 bits per heavy atom. The molecule has 0 saturated carbocycles. The molecule has 0 saturated heterocycles. The first-order chi connectivity index (χ1) is 18.0. The fraction of sp³-hybridized carbons (Fsp3) is 0.185. The summed E-state index contributed by atoms with van der Waals surface area (Å²) < 4.78 is 13.8. The molecular formula is C27H26N6O4. The van der Waals surface area contributed by atoms with Crippen LogP contribution >= 0.6 is 0 Å². The maximum Gasteiger partial charge on any atom is 0.356 e. The van der Waals surface area contributed by atoms with Crippen LogP contribution in [0.4, 0.5) is 11.4 Å². The lowest BCUT2D eigenvalue weighted by Gasteiger charge is -2.11. The number of benzene rings is 1. The highest BCUT2D eigenvalue weighted by molar-refractivity contribution is 6.14. The van der Waals surface area contributed by atoms with Gasteiger partial charge in [-0.15, -0.1) is 0 Å². The van der Waals surface area contributed by atoms with Crippen molar-refractivity contribution in [3.8, 4) is 0 Å². The maximum atomic E-state index is 13.1. The average molecular weight is 499 g/mol. The van der Waals surface area contributed by atoms with Crippen molar-refractivity contribution in [3.05, 3.63) is 95.5 Å². The van der Waals surface area contributed by atoms with E-state index >= 15 is 0 Å². The number of carbonyl (C=O) groups excluding carboxylic acids is 2. The smallest absolute Gasteiger partial charge is 0.356 e. The van der Waals surface area contributed by atoms with Crippen molar-refractivity contribution in [2.45, 2.75) is 20.0 Å². The number of nitrogens with one attached hydrogen (secondary N) is 2. The zero-order valence-corrected chi connectivity index (χ0v) is 20.7. The highest BCUT2D eigenvalue weighted by Crippen LogP contribution is 2.34. The Kier molecular flexibility index (Phi) is 6.46. The first kappa shape index (κ1) is 23.9. The van der Waals surface area contributed by atoms with Crippen molar-refractivity contribution < 1.29 is 18.7 Å². The standard InChI is InChI=1S/C27H26N6O4/c1-17-20(13-30-32(17)2)12-28-21-11-22-23(31-26(34)19-9-10-37-16-19)24(27(35)36-3)33(25(22)29-14-21)15-18-7-5-4-6-8-18/h4-11,13-14,16,28H,12,15H2,1-3H3,(H,31,34). The Balaban J connectivity index is 1.61. The maximum absolute atomic E-state index is 13.1. The predicted octanol–water partition coefficient (Wildman–Crippen LogP) is 4.37. The molecule has 0 fully saturated rings. The van der Waals surface area contributed by atoms with Crippen LogP contribution in [0.1, 0.15) is 37.7 Å². The Hall–Kier alpha value is -4.86. The molecule has 10 heteroatoms. The van der Waals surface area contributed by atoms with Crippen molar-refractivity contribution in [1.82, 2.24) is 19.3 Å². The highest BCUT2D eigenvalue weighted by Gasteiger charge is 2.27.